The van der Waals surface area contributed by atoms with Crippen molar-refractivity contribution in [2.24, 2.45) is 5.92 Å². The minimum atomic E-state index is -0.804. The number of fused-ring (bicyclic) bond motifs is 2. The molecule has 1 heterocycles. The number of ether oxygens (including phenoxy) is 6. The van der Waals surface area contributed by atoms with E-state index in [-0.39, 0.29) is 31.2 Å². The molecule has 0 bridgehead atoms. The molecule has 0 spiro atoms. The molecule has 1 aliphatic heterocycles. The van der Waals surface area contributed by atoms with Crippen molar-refractivity contribution in [3.63, 3.8) is 0 Å². The quantitative estimate of drug-likeness (QED) is 0.699. The third-order valence-corrected chi connectivity index (χ3v) is 5.85. The molecular formula is C23H26O8. The first-order chi connectivity index (χ1) is 15.0. The van der Waals surface area contributed by atoms with Gasteiger partial charge in [-0.25, -0.2) is 0 Å². The monoisotopic (exact) mass is 430 g/mol. The number of carbonyl (C=O) groups is 1. The summed E-state index contributed by atoms with van der Waals surface area (Å²) in [4.78, 5) is 11.4. The lowest BCUT2D eigenvalue weighted by Crippen LogP contribution is -2.28. The lowest BCUT2D eigenvalue weighted by Gasteiger charge is -2.36. The van der Waals surface area contributed by atoms with Crippen molar-refractivity contribution in [2.75, 3.05) is 34.7 Å². The number of aliphatic hydroxyl groups excluding tert-OH is 1. The van der Waals surface area contributed by atoms with E-state index in [9.17, 15) is 9.90 Å². The molecule has 166 valence electrons. The largest absolute Gasteiger partial charge is 0.493 e. The maximum atomic E-state index is 11.4. The average molecular weight is 430 g/mol. The third-order valence-electron chi connectivity index (χ3n) is 5.85. The highest BCUT2D eigenvalue weighted by Gasteiger charge is 2.38. The van der Waals surface area contributed by atoms with Gasteiger partial charge in [-0.2, -0.15) is 0 Å². The van der Waals surface area contributed by atoms with Crippen molar-refractivity contribution in [2.45, 2.75) is 25.4 Å². The second-order valence-electron chi connectivity index (χ2n) is 7.59. The summed E-state index contributed by atoms with van der Waals surface area (Å²) in [5.41, 5.74) is 2.57. The Hall–Kier alpha value is -3.13. The minimum absolute atomic E-state index is 0.116. The highest BCUT2D eigenvalue weighted by molar-refractivity contribution is 5.66. The minimum Gasteiger partial charge on any atom is -0.493 e. The fraction of sp³-hybridized carbons (Fsp3) is 0.435. The predicted octanol–water partition coefficient (Wildman–Crippen LogP) is 3.19. The molecule has 0 saturated heterocycles. The molecule has 3 atom stereocenters. The van der Waals surface area contributed by atoms with E-state index in [0.29, 0.717) is 35.2 Å². The molecular weight excluding hydrogens is 404 g/mol. The van der Waals surface area contributed by atoms with Gasteiger partial charge in [0.15, 0.2) is 23.0 Å². The number of esters is 1. The van der Waals surface area contributed by atoms with Crippen LogP contribution in [0.1, 0.15) is 42.1 Å². The van der Waals surface area contributed by atoms with E-state index in [2.05, 4.69) is 0 Å². The van der Waals surface area contributed by atoms with Gasteiger partial charge in [0.1, 0.15) is 0 Å². The van der Waals surface area contributed by atoms with Crippen LogP contribution >= 0.6 is 0 Å². The molecule has 4 rings (SSSR count). The Morgan fingerprint density at radius 1 is 1.00 bits per heavy atom. The van der Waals surface area contributed by atoms with Crippen LogP contribution in [-0.4, -0.2) is 45.8 Å². The highest BCUT2D eigenvalue weighted by Crippen LogP contribution is 2.51. The van der Waals surface area contributed by atoms with Gasteiger partial charge in [0, 0.05) is 18.8 Å². The molecule has 2 unspecified atom stereocenters. The third kappa shape index (κ3) is 3.83. The van der Waals surface area contributed by atoms with Gasteiger partial charge < -0.3 is 33.5 Å². The van der Waals surface area contributed by atoms with Crippen molar-refractivity contribution < 1.29 is 38.3 Å². The molecule has 2 aliphatic rings. The highest BCUT2D eigenvalue weighted by atomic mass is 16.7. The van der Waals surface area contributed by atoms with Crippen molar-refractivity contribution in [1.29, 1.82) is 0 Å². The van der Waals surface area contributed by atoms with Crippen LogP contribution in [-0.2, 0) is 9.53 Å². The Bertz CT molecular complexity index is 961. The Morgan fingerprint density at radius 2 is 1.61 bits per heavy atom. The molecule has 31 heavy (non-hydrogen) atoms. The Morgan fingerprint density at radius 3 is 2.16 bits per heavy atom. The van der Waals surface area contributed by atoms with Crippen molar-refractivity contribution in [1.82, 2.24) is 0 Å². The summed E-state index contributed by atoms with van der Waals surface area (Å²) in [6, 6.07) is 7.53. The summed E-state index contributed by atoms with van der Waals surface area (Å²) in [5, 5.41) is 11.1. The Balaban J connectivity index is 1.83. The fourth-order valence-corrected chi connectivity index (χ4v) is 4.35. The molecule has 8 heteroatoms. The first-order valence-electron chi connectivity index (χ1n) is 10.0. The molecule has 0 fully saturated rings. The van der Waals surface area contributed by atoms with E-state index in [4.69, 9.17) is 28.4 Å². The van der Waals surface area contributed by atoms with Crippen molar-refractivity contribution in [3.8, 4) is 28.7 Å². The molecule has 0 radical (unpaired) electrons. The van der Waals surface area contributed by atoms with Crippen molar-refractivity contribution in [3.05, 3.63) is 41.0 Å². The smallest absolute Gasteiger partial charge is 0.302 e. The number of methoxy groups -OCH3 is 3. The number of carbonyl (C=O) groups excluding carboxylic acids is 1. The molecule has 2 aromatic carbocycles. The summed E-state index contributed by atoms with van der Waals surface area (Å²) in [6.07, 6.45) is -0.248. The molecule has 0 amide bonds. The molecule has 8 nitrogen and oxygen atoms in total. The van der Waals surface area contributed by atoms with E-state index >= 15 is 0 Å². The number of hydrogen-bond acceptors (Lipinski definition) is 8. The SMILES string of the molecule is COc1cc(C2CC(COC(C)=O)[C@@H](O)c3cc4c(cc32)OCO4)cc(OC)c1OC. The summed E-state index contributed by atoms with van der Waals surface area (Å²) >= 11 is 0. The summed E-state index contributed by atoms with van der Waals surface area (Å²) in [7, 11) is 4.70. The van der Waals surface area contributed by atoms with E-state index in [0.717, 1.165) is 16.7 Å². The van der Waals surface area contributed by atoms with Gasteiger partial charge in [-0.15, -0.1) is 0 Å². The summed E-state index contributed by atoms with van der Waals surface area (Å²) in [6.45, 7) is 1.61. The zero-order chi connectivity index (χ0) is 22.1. The standard InChI is InChI=1S/C23H26O8/c1-12(24)29-10-14-5-15(13-6-20(26-2)23(28-4)21(7-13)27-3)16-8-18-19(31-11-30-18)9-17(16)22(14)25/h6-9,14-15,22,25H,5,10-11H2,1-4H3/t14?,15?,22-/m1/s1. The van der Waals surface area contributed by atoms with E-state index in [1.165, 1.54) is 6.92 Å². The summed E-state index contributed by atoms with van der Waals surface area (Å²) < 4.78 is 32.8. The van der Waals surface area contributed by atoms with Crippen LogP contribution in [0.2, 0.25) is 0 Å². The number of aliphatic hydroxyl groups is 1. The Kier molecular flexibility index (Phi) is 5.82. The zero-order valence-corrected chi connectivity index (χ0v) is 18.0. The van der Waals surface area contributed by atoms with Gasteiger partial charge in [-0.05, 0) is 47.4 Å². The van der Waals surface area contributed by atoms with Crippen LogP contribution in [0, 0.1) is 5.92 Å². The predicted molar refractivity (Wildman–Crippen MR) is 110 cm³/mol. The second-order valence-corrected chi connectivity index (χ2v) is 7.59. The van der Waals surface area contributed by atoms with Gasteiger partial charge in [0.05, 0.1) is 34.0 Å². The van der Waals surface area contributed by atoms with Gasteiger partial charge in [0.2, 0.25) is 12.5 Å². The van der Waals surface area contributed by atoms with Crippen LogP contribution in [0.15, 0.2) is 24.3 Å². The zero-order valence-electron chi connectivity index (χ0n) is 18.0. The topological polar surface area (TPSA) is 92.7 Å². The van der Waals surface area contributed by atoms with Crippen LogP contribution in [0.5, 0.6) is 28.7 Å². The molecule has 0 saturated carbocycles. The van der Waals surface area contributed by atoms with Gasteiger partial charge in [-0.3, -0.25) is 4.79 Å². The first kappa shape index (κ1) is 21.1. The maximum absolute atomic E-state index is 11.4. The van der Waals surface area contributed by atoms with Crippen LogP contribution < -0.4 is 23.7 Å². The lowest BCUT2D eigenvalue weighted by atomic mass is 9.72. The molecule has 1 aliphatic carbocycles. The maximum Gasteiger partial charge on any atom is 0.302 e. The van der Waals surface area contributed by atoms with E-state index in [1.807, 2.05) is 24.3 Å². The van der Waals surface area contributed by atoms with Crippen LogP contribution in [0.25, 0.3) is 0 Å². The van der Waals surface area contributed by atoms with Gasteiger partial charge in [-0.1, -0.05) is 0 Å². The fourth-order valence-electron chi connectivity index (χ4n) is 4.35. The number of hydrogen-bond donors (Lipinski definition) is 1. The molecule has 2 aromatic rings. The molecule has 0 aromatic heterocycles. The number of benzene rings is 2. The van der Waals surface area contributed by atoms with Gasteiger partial charge in [0.25, 0.3) is 0 Å². The number of rotatable bonds is 6. The normalized spacial score (nSPS) is 21.3. The lowest BCUT2D eigenvalue weighted by molar-refractivity contribution is -0.143. The van der Waals surface area contributed by atoms with Crippen LogP contribution in [0.4, 0.5) is 0 Å². The Labute approximate surface area is 180 Å². The molecule has 1 N–H and O–H groups in total. The van der Waals surface area contributed by atoms with Crippen LogP contribution in [0.3, 0.4) is 0 Å². The van der Waals surface area contributed by atoms with E-state index < -0.39 is 6.10 Å². The van der Waals surface area contributed by atoms with Gasteiger partial charge >= 0.3 is 5.97 Å². The first-order valence-corrected chi connectivity index (χ1v) is 10.0. The van der Waals surface area contributed by atoms with E-state index in [1.54, 1.807) is 21.3 Å². The summed E-state index contributed by atoms with van der Waals surface area (Å²) in [5.74, 6) is 2.03. The average Bonchev–Trinajstić information content (AvgIpc) is 3.24. The van der Waals surface area contributed by atoms with Crippen molar-refractivity contribution >= 4 is 5.97 Å². The second kappa shape index (κ2) is 8.55.